The van der Waals surface area contributed by atoms with Crippen LogP contribution in [0.3, 0.4) is 0 Å². The largest absolute Gasteiger partial charge is 0.497 e. The molecule has 1 fully saturated rings. The fourth-order valence-electron chi connectivity index (χ4n) is 10.6. The molecule has 8 aromatic carbocycles. The van der Waals surface area contributed by atoms with Crippen LogP contribution in [0.4, 0.5) is 23.7 Å². The first-order valence-corrected chi connectivity index (χ1v) is 23.4. The van der Waals surface area contributed by atoms with E-state index in [1.165, 1.54) is 6.07 Å². The summed E-state index contributed by atoms with van der Waals surface area (Å²) in [5.41, 5.74) is 5.94. The number of rotatable bonds is 8. The molecule has 0 bridgehead atoms. The second-order valence-electron chi connectivity index (χ2n) is 18.2. The summed E-state index contributed by atoms with van der Waals surface area (Å²) in [6.07, 6.45) is -1.65. The van der Waals surface area contributed by atoms with Gasteiger partial charge in [-0.15, -0.1) is 0 Å². The molecule has 2 unspecified atom stereocenters. The lowest BCUT2D eigenvalue weighted by molar-refractivity contribution is -0.256. The number of benzene rings is 8. The van der Waals surface area contributed by atoms with E-state index in [-0.39, 0.29) is 11.1 Å². The number of carbonyl (C=O) groups is 1. The van der Waals surface area contributed by atoms with E-state index < -0.39 is 23.5 Å². The van der Waals surface area contributed by atoms with Gasteiger partial charge in [-0.25, -0.2) is 4.79 Å². The van der Waals surface area contributed by atoms with Gasteiger partial charge >= 0.3 is 12.3 Å². The number of nitrogens with zero attached hydrogens (tertiary/aromatic N) is 2. The Bertz CT molecular complexity index is 3310. The Balaban J connectivity index is 0.934. The number of carbonyl (C=O) groups excluding carboxylic acids is 1. The van der Waals surface area contributed by atoms with Gasteiger partial charge in [0, 0.05) is 72.2 Å². The first-order chi connectivity index (χ1) is 33.9. The highest BCUT2D eigenvalue weighted by Gasteiger charge is 2.64. The van der Waals surface area contributed by atoms with Crippen LogP contribution in [0, 0.1) is 13.8 Å². The summed E-state index contributed by atoms with van der Waals surface area (Å²) in [7, 11) is 2.73. The monoisotopic (exact) mass is 934 g/mol. The number of methoxy groups -OCH3 is 2. The molecular weight excluding hydrogens is 886 g/mol. The average Bonchev–Trinajstić information content (AvgIpc) is 3.71. The van der Waals surface area contributed by atoms with E-state index in [0.29, 0.717) is 70.9 Å². The lowest BCUT2D eigenvalue weighted by Gasteiger charge is -2.40. The number of hydrogen-bond donors (Lipinski definition) is 0. The molecule has 1 saturated heterocycles. The molecule has 0 radical (unpaired) electrons. The van der Waals surface area contributed by atoms with E-state index in [1.54, 1.807) is 48.4 Å². The van der Waals surface area contributed by atoms with Gasteiger partial charge in [-0.1, -0.05) is 139 Å². The zero-order valence-electron chi connectivity index (χ0n) is 39.1. The summed E-state index contributed by atoms with van der Waals surface area (Å²) >= 11 is 0. The van der Waals surface area contributed by atoms with Crippen LogP contribution in [0.5, 0.6) is 17.2 Å². The van der Waals surface area contributed by atoms with E-state index in [1.807, 2.05) is 111 Å². The molecule has 11 rings (SSSR count). The molecule has 0 aromatic heterocycles. The Morgan fingerprint density at radius 1 is 0.643 bits per heavy atom. The van der Waals surface area contributed by atoms with Gasteiger partial charge in [-0.05, 0) is 101 Å². The van der Waals surface area contributed by atoms with Crippen molar-refractivity contribution in [1.82, 2.24) is 4.90 Å². The molecule has 7 nitrogen and oxygen atoms in total. The number of alkyl halides is 3. The number of piperazine rings is 1. The predicted molar refractivity (Wildman–Crippen MR) is 270 cm³/mol. The molecule has 350 valence electrons. The molecule has 3 aliphatic rings. The number of hydrogen-bond acceptors (Lipinski definition) is 6. The minimum absolute atomic E-state index is 0.00828. The maximum absolute atomic E-state index is 16.1. The van der Waals surface area contributed by atoms with Gasteiger partial charge in [0.25, 0.3) is 0 Å². The van der Waals surface area contributed by atoms with Crippen LogP contribution in [0.25, 0.3) is 50.2 Å². The number of aryl methyl sites for hydroxylation is 2. The Kier molecular flexibility index (Phi) is 11.0. The molecule has 0 saturated carbocycles. The standard InChI is InChI=1S/C60H49F3N2O5/c1-38-14-22-44(23-15-38)58(45-24-28-46(67-3)29-25-45)31-30-49-55-54(48-12-8-9-13-52(48)59(55,68-4)60(61,62)63)50-37-53(39(2)36-51(50)56(49)70-58)64-32-34-65(35-33-64)57(66)69-47-26-20-43(21-27-47)42-18-16-41(17-19-42)40-10-6-5-7-11-40/h5-31,36-37H,32-35H2,1-4H3. The number of anilines is 1. The Morgan fingerprint density at radius 3 is 1.83 bits per heavy atom. The summed E-state index contributed by atoms with van der Waals surface area (Å²) < 4.78 is 72.8. The fourth-order valence-corrected chi connectivity index (χ4v) is 10.6. The maximum Gasteiger partial charge on any atom is 0.426 e. The zero-order valence-corrected chi connectivity index (χ0v) is 39.1. The summed E-state index contributed by atoms with van der Waals surface area (Å²) in [4.78, 5) is 17.5. The highest BCUT2D eigenvalue weighted by molar-refractivity contribution is 6.10. The van der Waals surface area contributed by atoms with Gasteiger partial charge < -0.3 is 28.7 Å². The van der Waals surface area contributed by atoms with Gasteiger partial charge in [-0.2, -0.15) is 13.2 Å². The maximum atomic E-state index is 16.1. The highest BCUT2D eigenvalue weighted by Crippen LogP contribution is 2.63. The molecular formula is C60H49F3N2O5. The van der Waals surface area contributed by atoms with Crippen molar-refractivity contribution < 1.29 is 36.9 Å². The summed E-state index contributed by atoms with van der Waals surface area (Å²) in [6.45, 7) is 5.72. The van der Waals surface area contributed by atoms with Crippen molar-refractivity contribution in [2.75, 3.05) is 45.3 Å². The molecule has 2 aliphatic heterocycles. The second-order valence-corrected chi connectivity index (χ2v) is 18.2. The van der Waals surface area contributed by atoms with Crippen LogP contribution in [-0.4, -0.2) is 57.6 Å². The highest BCUT2D eigenvalue weighted by atomic mass is 19.4. The van der Waals surface area contributed by atoms with E-state index >= 15 is 13.2 Å². The van der Waals surface area contributed by atoms with Crippen LogP contribution < -0.4 is 19.1 Å². The molecule has 2 heterocycles. The molecule has 10 heteroatoms. The zero-order chi connectivity index (χ0) is 48.4. The van der Waals surface area contributed by atoms with Gasteiger partial charge in [-0.3, -0.25) is 0 Å². The second kappa shape index (κ2) is 17.3. The number of halogens is 3. The van der Waals surface area contributed by atoms with Gasteiger partial charge in [0.1, 0.15) is 17.2 Å². The molecule has 0 spiro atoms. The summed E-state index contributed by atoms with van der Waals surface area (Å²) in [5, 5.41) is 1.27. The van der Waals surface area contributed by atoms with Gasteiger partial charge in [0.15, 0.2) is 5.60 Å². The minimum Gasteiger partial charge on any atom is -0.497 e. The summed E-state index contributed by atoms with van der Waals surface area (Å²) in [6, 6.07) is 52.3. The van der Waals surface area contributed by atoms with Crippen molar-refractivity contribution in [2.24, 2.45) is 0 Å². The Morgan fingerprint density at radius 2 is 1.21 bits per heavy atom. The quantitative estimate of drug-likeness (QED) is 0.151. The van der Waals surface area contributed by atoms with Crippen molar-refractivity contribution in [3.63, 3.8) is 0 Å². The predicted octanol–water partition coefficient (Wildman–Crippen LogP) is 13.9. The fraction of sp³-hybridized carbons (Fsp3) is 0.183. The van der Waals surface area contributed by atoms with Gasteiger partial charge in [0.05, 0.1) is 7.11 Å². The van der Waals surface area contributed by atoms with Crippen molar-refractivity contribution in [3.05, 3.63) is 209 Å². The number of fused-ring (bicyclic) bond motifs is 8. The topological polar surface area (TPSA) is 60.5 Å². The first kappa shape index (κ1) is 44.7. The molecule has 0 N–H and O–H groups in total. The van der Waals surface area contributed by atoms with Crippen molar-refractivity contribution in [2.45, 2.75) is 31.2 Å². The molecule has 1 aliphatic carbocycles. The van der Waals surface area contributed by atoms with E-state index in [2.05, 4.69) is 41.3 Å². The van der Waals surface area contributed by atoms with Crippen molar-refractivity contribution in [3.8, 4) is 50.6 Å². The molecule has 70 heavy (non-hydrogen) atoms. The van der Waals surface area contributed by atoms with E-state index in [4.69, 9.17) is 18.9 Å². The average molecular weight is 935 g/mol. The lowest BCUT2D eigenvalue weighted by atomic mass is 9.79. The Labute approximate surface area is 404 Å². The van der Waals surface area contributed by atoms with Crippen LogP contribution in [-0.2, 0) is 15.9 Å². The van der Waals surface area contributed by atoms with E-state index in [9.17, 15) is 4.79 Å². The van der Waals surface area contributed by atoms with Crippen LogP contribution in [0.2, 0.25) is 0 Å². The van der Waals surface area contributed by atoms with Crippen molar-refractivity contribution >= 4 is 28.6 Å². The molecule has 2 atom stereocenters. The number of amides is 1. The third-order valence-electron chi connectivity index (χ3n) is 14.3. The van der Waals surface area contributed by atoms with E-state index in [0.717, 1.165) is 57.3 Å². The SMILES string of the molecule is COc1ccc(C2(c3ccc(C)cc3)C=Cc3c4c(c5cc(N6CCN(C(=O)Oc7ccc(-c8ccc(-c9ccccc9)cc8)cc7)CC6)c(C)cc5c3O2)-c2ccccc2C4(OC)C(F)(F)F)cc1. The van der Waals surface area contributed by atoms with Crippen LogP contribution >= 0.6 is 0 Å². The third kappa shape index (κ3) is 7.28. The normalized spacial score (nSPS) is 18.2. The van der Waals surface area contributed by atoms with Crippen LogP contribution in [0.15, 0.2) is 170 Å². The third-order valence-corrected chi connectivity index (χ3v) is 14.3. The smallest absolute Gasteiger partial charge is 0.426 e. The first-order valence-electron chi connectivity index (χ1n) is 23.4. The summed E-state index contributed by atoms with van der Waals surface area (Å²) in [5.74, 6) is 1.43. The number of ether oxygens (including phenoxy) is 4. The van der Waals surface area contributed by atoms with Crippen molar-refractivity contribution in [1.29, 1.82) is 0 Å². The Hall–Kier alpha value is -7.82. The minimum atomic E-state index is -4.85. The molecule has 1 amide bonds. The van der Waals surface area contributed by atoms with Gasteiger partial charge in [0.2, 0.25) is 5.60 Å². The van der Waals surface area contributed by atoms with Crippen LogP contribution in [0.1, 0.15) is 38.9 Å². The lowest BCUT2D eigenvalue weighted by Crippen LogP contribution is -2.49. The molecule has 8 aromatic rings.